The maximum absolute atomic E-state index is 12.6. The van der Waals surface area contributed by atoms with Gasteiger partial charge in [0, 0.05) is 29.1 Å². The van der Waals surface area contributed by atoms with Crippen LogP contribution in [-0.4, -0.2) is 31.6 Å². The molecule has 126 valence electrons. The van der Waals surface area contributed by atoms with Gasteiger partial charge in [-0.15, -0.1) is 11.3 Å². The minimum absolute atomic E-state index is 0.0252. The third-order valence-electron chi connectivity index (χ3n) is 4.41. The van der Waals surface area contributed by atoms with Crippen LogP contribution in [0.4, 0.5) is 0 Å². The number of thiophene rings is 1. The highest BCUT2D eigenvalue weighted by atomic mass is 32.1. The second-order valence-corrected chi connectivity index (χ2v) is 6.70. The number of fused-ring (bicyclic) bond motifs is 1. The number of ether oxygens (including phenoxy) is 2. The van der Waals surface area contributed by atoms with Gasteiger partial charge >= 0.3 is 0 Å². The average Bonchev–Trinajstić information content (AvgIpc) is 3.09. The normalized spacial score (nSPS) is 17.0. The molecule has 0 bridgehead atoms. The van der Waals surface area contributed by atoms with Gasteiger partial charge in [0.1, 0.15) is 11.5 Å². The SMILES string of the molecule is COc1ccc(/C=C/C(=O)N2CCc3sccc3[C@H]2C)c(OC)c1. The summed E-state index contributed by atoms with van der Waals surface area (Å²) < 4.78 is 10.6. The Kier molecular flexibility index (Phi) is 4.90. The van der Waals surface area contributed by atoms with Crippen molar-refractivity contribution in [2.45, 2.75) is 19.4 Å². The van der Waals surface area contributed by atoms with Gasteiger partial charge in [-0.25, -0.2) is 0 Å². The van der Waals surface area contributed by atoms with E-state index in [0.29, 0.717) is 5.75 Å². The van der Waals surface area contributed by atoms with E-state index in [0.717, 1.165) is 24.3 Å². The summed E-state index contributed by atoms with van der Waals surface area (Å²) in [4.78, 5) is 15.9. The molecular weight excluding hydrogens is 322 g/mol. The third kappa shape index (κ3) is 3.17. The van der Waals surface area contributed by atoms with Crippen molar-refractivity contribution in [1.29, 1.82) is 0 Å². The molecule has 0 fully saturated rings. The number of hydrogen-bond acceptors (Lipinski definition) is 4. The first kappa shape index (κ1) is 16.6. The Morgan fingerprint density at radius 2 is 2.12 bits per heavy atom. The summed E-state index contributed by atoms with van der Waals surface area (Å²) >= 11 is 1.78. The van der Waals surface area contributed by atoms with Gasteiger partial charge in [0.2, 0.25) is 5.91 Å². The number of benzene rings is 1. The van der Waals surface area contributed by atoms with Crippen LogP contribution in [0.25, 0.3) is 6.08 Å². The molecular formula is C19H21NO3S. The van der Waals surface area contributed by atoms with Crippen LogP contribution in [0.2, 0.25) is 0 Å². The van der Waals surface area contributed by atoms with Crippen molar-refractivity contribution in [3.8, 4) is 11.5 Å². The Hall–Kier alpha value is -2.27. The minimum atomic E-state index is 0.0252. The number of carbonyl (C=O) groups excluding carboxylic acids is 1. The number of rotatable bonds is 4. The number of methoxy groups -OCH3 is 2. The lowest BCUT2D eigenvalue weighted by molar-refractivity contribution is -0.128. The summed E-state index contributed by atoms with van der Waals surface area (Å²) in [6.45, 7) is 2.85. The number of amides is 1. The van der Waals surface area contributed by atoms with E-state index in [1.165, 1.54) is 10.4 Å². The van der Waals surface area contributed by atoms with Crippen LogP contribution >= 0.6 is 11.3 Å². The van der Waals surface area contributed by atoms with Crippen LogP contribution < -0.4 is 9.47 Å². The van der Waals surface area contributed by atoms with Gasteiger partial charge in [-0.3, -0.25) is 4.79 Å². The zero-order valence-corrected chi connectivity index (χ0v) is 14.9. The Morgan fingerprint density at radius 1 is 1.29 bits per heavy atom. The molecule has 1 aromatic heterocycles. The highest BCUT2D eigenvalue weighted by Crippen LogP contribution is 2.33. The van der Waals surface area contributed by atoms with E-state index in [-0.39, 0.29) is 11.9 Å². The van der Waals surface area contributed by atoms with Crippen molar-refractivity contribution >= 4 is 23.3 Å². The maximum atomic E-state index is 12.6. The first-order chi connectivity index (χ1) is 11.6. The second kappa shape index (κ2) is 7.09. The van der Waals surface area contributed by atoms with Crippen molar-refractivity contribution < 1.29 is 14.3 Å². The van der Waals surface area contributed by atoms with Crippen LogP contribution in [0.5, 0.6) is 11.5 Å². The number of hydrogen-bond donors (Lipinski definition) is 0. The molecule has 2 aromatic rings. The summed E-state index contributed by atoms with van der Waals surface area (Å²) in [6, 6.07) is 7.80. The first-order valence-electron chi connectivity index (χ1n) is 7.91. The number of carbonyl (C=O) groups is 1. The average molecular weight is 343 g/mol. The molecule has 1 aromatic carbocycles. The van der Waals surface area contributed by atoms with Crippen molar-refractivity contribution in [3.63, 3.8) is 0 Å². The third-order valence-corrected chi connectivity index (χ3v) is 5.40. The van der Waals surface area contributed by atoms with E-state index in [1.807, 2.05) is 23.1 Å². The fourth-order valence-corrected chi connectivity index (χ4v) is 3.99. The van der Waals surface area contributed by atoms with Gasteiger partial charge in [0.25, 0.3) is 0 Å². The zero-order valence-electron chi connectivity index (χ0n) is 14.1. The van der Waals surface area contributed by atoms with Crippen molar-refractivity contribution in [3.05, 3.63) is 51.7 Å². The van der Waals surface area contributed by atoms with Gasteiger partial charge in [-0.2, -0.15) is 0 Å². The standard InChI is InChI=1S/C19H21NO3S/c1-13-16-9-11-24-18(16)8-10-20(13)19(21)7-5-14-4-6-15(22-2)12-17(14)23-3/h4-7,9,11-13H,8,10H2,1-3H3/b7-5+/t13-/m1/s1. The topological polar surface area (TPSA) is 38.8 Å². The van der Waals surface area contributed by atoms with Crippen LogP contribution in [0.3, 0.4) is 0 Å². The smallest absolute Gasteiger partial charge is 0.247 e. The fourth-order valence-electron chi connectivity index (χ4n) is 3.02. The first-order valence-corrected chi connectivity index (χ1v) is 8.79. The Morgan fingerprint density at radius 3 is 2.88 bits per heavy atom. The zero-order chi connectivity index (χ0) is 17.1. The number of nitrogens with zero attached hydrogens (tertiary/aromatic N) is 1. The molecule has 0 radical (unpaired) electrons. The van der Waals surface area contributed by atoms with Crippen molar-refractivity contribution in [2.24, 2.45) is 0 Å². The minimum Gasteiger partial charge on any atom is -0.497 e. The molecule has 0 aliphatic carbocycles. The molecule has 0 saturated carbocycles. The summed E-state index contributed by atoms with van der Waals surface area (Å²) in [5.41, 5.74) is 2.13. The maximum Gasteiger partial charge on any atom is 0.247 e. The lowest BCUT2D eigenvalue weighted by Crippen LogP contribution is -2.37. The lowest BCUT2D eigenvalue weighted by atomic mass is 10.0. The van der Waals surface area contributed by atoms with Crippen molar-refractivity contribution in [1.82, 2.24) is 4.90 Å². The van der Waals surface area contributed by atoms with Crippen molar-refractivity contribution in [2.75, 3.05) is 20.8 Å². The second-order valence-electron chi connectivity index (χ2n) is 5.70. The van der Waals surface area contributed by atoms with Crippen LogP contribution in [0, 0.1) is 0 Å². The Labute approximate surface area is 146 Å². The molecule has 3 rings (SSSR count). The van der Waals surface area contributed by atoms with E-state index >= 15 is 0 Å². The quantitative estimate of drug-likeness (QED) is 0.790. The predicted molar refractivity (Wildman–Crippen MR) is 96.7 cm³/mol. The summed E-state index contributed by atoms with van der Waals surface area (Å²) in [6.07, 6.45) is 4.36. The van der Waals surface area contributed by atoms with Gasteiger partial charge in [-0.05, 0) is 48.6 Å². The van der Waals surface area contributed by atoms with Gasteiger partial charge < -0.3 is 14.4 Å². The molecule has 5 heteroatoms. The molecule has 24 heavy (non-hydrogen) atoms. The molecule has 1 atom stereocenters. The molecule has 1 aliphatic rings. The molecule has 0 spiro atoms. The monoisotopic (exact) mass is 343 g/mol. The van der Waals surface area contributed by atoms with E-state index < -0.39 is 0 Å². The van der Waals surface area contributed by atoms with Gasteiger partial charge in [0.15, 0.2) is 0 Å². The molecule has 1 amide bonds. The van der Waals surface area contributed by atoms with Crippen LogP contribution in [0.15, 0.2) is 35.7 Å². The summed E-state index contributed by atoms with van der Waals surface area (Å²) in [7, 11) is 3.23. The Bertz CT molecular complexity index is 766. The highest BCUT2D eigenvalue weighted by Gasteiger charge is 2.27. The Balaban J connectivity index is 1.77. The van der Waals surface area contributed by atoms with E-state index in [2.05, 4.69) is 18.4 Å². The van der Waals surface area contributed by atoms with E-state index in [1.54, 1.807) is 37.7 Å². The van der Waals surface area contributed by atoms with E-state index in [4.69, 9.17) is 9.47 Å². The molecule has 0 unspecified atom stereocenters. The molecule has 4 nitrogen and oxygen atoms in total. The summed E-state index contributed by atoms with van der Waals surface area (Å²) in [5, 5.41) is 2.10. The van der Waals surface area contributed by atoms with Crippen LogP contribution in [-0.2, 0) is 11.2 Å². The summed E-state index contributed by atoms with van der Waals surface area (Å²) in [5.74, 6) is 1.44. The van der Waals surface area contributed by atoms with E-state index in [9.17, 15) is 4.79 Å². The highest BCUT2D eigenvalue weighted by molar-refractivity contribution is 7.10. The van der Waals surface area contributed by atoms with Gasteiger partial charge in [0.05, 0.1) is 20.3 Å². The molecule has 0 saturated heterocycles. The van der Waals surface area contributed by atoms with Gasteiger partial charge in [-0.1, -0.05) is 0 Å². The molecule has 1 aliphatic heterocycles. The lowest BCUT2D eigenvalue weighted by Gasteiger charge is -2.32. The largest absolute Gasteiger partial charge is 0.497 e. The molecule has 0 N–H and O–H groups in total. The molecule has 2 heterocycles. The predicted octanol–water partition coefficient (Wildman–Crippen LogP) is 3.92. The fraction of sp³-hybridized carbons (Fsp3) is 0.316. The van der Waals surface area contributed by atoms with Crippen LogP contribution in [0.1, 0.15) is 29.0 Å².